The lowest BCUT2D eigenvalue weighted by Gasteiger charge is -2.36. The van der Waals surface area contributed by atoms with E-state index in [1.165, 1.54) is 57.0 Å². The summed E-state index contributed by atoms with van der Waals surface area (Å²) in [6.45, 7) is 6.35. The number of amides is 10. The zero-order valence-electron chi connectivity index (χ0n) is 50.2. The van der Waals surface area contributed by atoms with Gasteiger partial charge in [-0.2, -0.15) is 0 Å². The molecule has 0 bridgehead atoms. The van der Waals surface area contributed by atoms with Crippen molar-refractivity contribution >= 4 is 59.1 Å². The van der Waals surface area contributed by atoms with E-state index < -0.39 is 193 Å². The molecule has 2 rings (SSSR count). The van der Waals surface area contributed by atoms with Crippen LogP contribution in [-0.2, 0) is 66.2 Å². The summed E-state index contributed by atoms with van der Waals surface area (Å²) in [7, 11) is 3.50. The predicted octanol–water partition coefficient (Wildman–Crippen LogP) is -9.07. The summed E-state index contributed by atoms with van der Waals surface area (Å²) in [4.78, 5) is 139. The van der Waals surface area contributed by atoms with Gasteiger partial charge in [-0.3, -0.25) is 47.9 Å². The summed E-state index contributed by atoms with van der Waals surface area (Å²) in [5.41, 5.74) is 0.235. The number of imidazole rings is 1. The third-order valence-electron chi connectivity index (χ3n) is 13.4. The molecular weight excluding hydrogens is 1160 g/mol. The molecule has 490 valence electrons. The second-order valence-electron chi connectivity index (χ2n) is 22.6. The highest BCUT2D eigenvalue weighted by atomic mass is 19.1. The number of halogens is 1. The molecule has 1 heterocycles. The molecule has 0 fully saturated rings. The van der Waals surface area contributed by atoms with E-state index >= 15 is 0 Å². The maximum Gasteiger partial charge on any atom is 0.254 e. The molecule has 0 saturated carbocycles. The van der Waals surface area contributed by atoms with Crippen LogP contribution in [0.3, 0.4) is 0 Å². The number of aliphatic hydroxyl groups excluding tert-OH is 7. The fourth-order valence-corrected chi connectivity index (χ4v) is 8.17. The maximum atomic E-state index is 14.0. The number of hydrogen-bond donors (Lipinski definition) is 19. The largest absolute Gasteiger partial charge is 0.394 e. The van der Waals surface area contributed by atoms with Crippen LogP contribution in [0.1, 0.15) is 72.8 Å². The van der Waals surface area contributed by atoms with Crippen LogP contribution in [0.2, 0.25) is 0 Å². The Kier molecular flexibility index (Phi) is 29.3. The number of carbonyl (C=O) groups is 10. The number of benzene rings is 1. The lowest BCUT2D eigenvalue weighted by Crippen LogP contribution is -2.66. The predicted molar refractivity (Wildman–Crippen MR) is 301 cm³/mol. The highest BCUT2D eigenvalue weighted by molar-refractivity contribution is 5.98. The van der Waals surface area contributed by atoms with Gasteiger partial charge in [0.2, 0.25) is 47.3 Å². The van der Waals surface area contributed by atoms with Gasteiger partial charge in [0.05, 0.1) is 55.3 Å². The van der Waals surface area contributed by atoms with Crippen molar-refractivity contribution in [3.8, 4) is 0 Å². The molecule has 87 heavy (non-hydrogen) atoms. The number of nitrogens with zero attached hydrogens (tertiary/aromatic N) is 3. The van der Waals surface area contributed by atoms with Crippen molar-refractivity contribution in [2.45, 2.75) is 152 Å². The van der Waals surface area contributed by atoms with Gasteiger partial charge in [0.1, 0.15) is 66.4 Å². The number of aryl methyl sites for hydroxylation is 1. The highest BCUT2D eigenvalue weighted by Gasteiger charge is 2.44. The van der Waals surface area contributed by atoms with Crippen LogP contribution in [0.4, 0.5) is 4.39 Å². The number of aromatic nitrogens is 2. The Balaban J connectivity index is 2.32. The summed E-state index contributed by atoms with van der Waals surface area (Å²) in [6.07, 6.45) is -9.72. The number of nitrogens with one attached hydrogen (secondary N) is 9. The fourth-order valence-electron chi connectivity index (χ4n) is 8.17. The molecule has 34 heteroatoms. The molecule has 0 aliphatic heterocycles. The van der Waals surface area contributed by atoms with E-state index in [1.54, 1.807) is 0 Å². The first-order chi connectivity index (χ1) is 40.3. The van der Waals surface area contributed by atoms with Gasteiger partial charge >= 0.3 is 0 Å². The number of rotatable bonds is 34. The Morgan fingerprint density at radius 2 is 1.20 bits per heavy atom. The number of likely N-dealkylation sites (N-methyl/N-ethyl adjacent to an activating group) is 1. The van der Waals surface area contributed by atoms with Gasteiger partial charge in [0.15, 0.2) is 12.2 Å². The maximum absolute atomic E-state index is 14.0. The molecular formula is C53H86FN13O20. The standard InChI is InChI=1S/C53H86FN13O20/c1-25(70)35(72)46(80)63-34(36(73)31-19-56-24-66(31)9)45(79)58-20-32(87-11)37(74)38(75)50(84)67(10)30(18-26-12-14-27(54)15-13-26)44(78)59-21-33(71)62-40(52(5,6)85)48(82)61-29(23-69)43(77)65-41(53(7,8)86)49(83)64-39(51(2,3)4)47(81)60-28(22-68)42(76)57-17-16-55/h12-15,19,24-25,28-30,32,34-41,68-70,72-75,85-86H,16-18,20-23,55H2,1-11H3,(H,57,76)(H,58,79)(H,59,78)(H,60,81)(H,61,82)(H,62,71)(H,63,80)(H,64,83)(H,65,77)/t25-,28-,29-,30-,32-,34+,35+,36+,37-,38-,39+,40+,41+/m0/s1. The number of ether oxygens (including phenoxy) is 1. The minimum Gasteiger partial charge on any atom is -0.394 e. The summed E-state index contributed by atoms with van der Waals surface area (Å²) in [5, 5.41) is 116. The van der Waals surface area contributed by atoms with E-state index in [0.29, 0.717) is 4.90 Å². The number of nitrogens with two attached hydrogens (primary N) is 1. The number of methoxy groups -OCH3 is 1. The minimum atomic E-state index is -2.44. The van der Waals surface area contributed by atoms with Gasteiger partial charge in [-0.25, -0.2) is 9.37 Å². The summed E-state index contributed by atoms with van der Waals surface area (Å²) in [5.74, 6) is -12.3. The van der Waals surface area contributed by atoms with Crippen LogP contribution >= 0.6 is 0 Å². The van der Waals surface area contributed by atoms with Crippen molar-refractivity contribution in [3.05, 3.63) is 53.9 Å². The molecule has 20 N–H and O–H groups in total. The Hall–Kier alpha value is -7.38. The van der Waals surface area contributed by atoms with Gasteiger partial charge in [-0.05, 0) is 57.7 Å². The molecule has 0 spiro atoms. The van der Waals surface area contributed by atoms with Crippen molar-refractivity contribution < 1.29 is 103 Å². The molecule has 0 unspecified atom stereocenters. The highest BCUT2D eigenvalue weighted by Crippen LogP contribution is 2.22. The summed E-state index contributed by atoms with van der Waals surface area (Å²) < 4.78 is 20.5. The van der Waals surface area contributed by atoms with Gasteiger partial charge < -0.3 is 114 Å². The van der Waals surface area contributed by atoms with E-state index in [9.17, 15) is 98.3 Å². The topological polar surface area (TPSA) is 517 Å². The first kappa shape index (κ1) is 75.7. The second kappa shape index (κ2) is 33.7. The Morgan fingerprint density at radius 3 is 1.68 bits per heavy atom. The van der Waals surface area contributed by atoms with E-state index in [4.69, 9.17) is 10.5 Å². The molecule has 0 aliphatic rings. The third-order valence-corrected chi connectivity index (χ3v) is 13.4. The van der Waals surface area contributed by atoms with Crippen molar-refractivity contribution in [1.82, 2.24) is 62.3 Å². The van der Waals surface area contributed by atoms with Gasteiger partial charge in [0, 0.05) is 47.3 Å². The molecule has 0 aliphatic carbocycles. The van der Waals surface area contributed by atoms with E-state index in [2.05, 4.69) is 52.8 Å². The SMILES string of the molecule is CO[C@@H](CNC(=O)[C@H](NC(=O)[C@H](O)[C@H](C)O)[C@H](O)c1cncn1C)[C@H](O)[C@H](O)C(=O)N(C)[C@@H](Cc1ccc(F)cc1)C(=O)NCC(=O)N[C@H](C(=O)N[C@@H](CO)C(=O)N[C@H](C(=O)N[C@H](C(=O)N[C@@H](CO)C(=O)NCCN)C(C)(C)C)C(C)(C)O)C(C)(C)O. The summed E-state index contributed by atoms with van der Waals surface area (Å²) in [6, 6.07) is -7.83. The lowest BCUT2D eigenvalue weighted by atomic mass is 9.85. The van der Waals surface area contributed by atoms with Gasteiger partial charge in [-0.15, -0.1) is 0 Å². The van der Waals surface area contributed by atoms with Gasteiger partial charge in [0.25, 0.3) is 11.8 Å². The molecule has 13 atom stereocenters. The quantitative estimate of drug-likeness (QED) is 0.0309. The number of carbonyl (C=O) groups excluding carboxylic acids is 10. The average Bonchev–Trinajstić information content (AvgIpc) is 2.55. The Bertz CT molecular complexity index is 2660. The van der Waals surface area contributed by atoms with Crippen molar-refractivity contribution in [2.24, 2.45) is 18.2 Å². The smallest absolute Gasteiger partial charge is 0.254 e. The zero-order chi connectivity index (χ0) is 66.6. The van der Waals surface area contributed by atoms with Crippen LogP contribution in [0.25, 0.3) is 0 Å². The van der Waals surface area contributed by atoms with E-state index in [1.807, 2.05) is 0 Å². The molecule has 0 saturated heterocycles. The zero-order valence-corrected chi connectivity index (χ0v) is 50.2. The van der Waals surface area contributed by atoms with Crippen LogP contribution in [0, 0.1) is 11.2 Å². The monoisotopic (exact) mass is 1240 g/mol. The molecule has 2 aromatic rings. The molecule has 33 nitrogen and oxygen atoms in total. The van der Waals surface area contributed by atoms with E-state index in [0.717, 1.165) is 60.9 Å². The van der Waals surface area contributed by atoms with Crippen LogP contribution in [-0.4, -0.2) is 257 Å². The van der Waals surface area contributed by atoms with Crippen LogP contribution in [0.15, 0.2) is 36.8 Å². The molecule has 0 radical (unpaired) electrons. The number of hydrogen-bond acceptors (Lipinski definition) is 22. The third kappa shape index (κ3) is 22.7. The van der Waals surface area contributed by atoms with Crippen molar-refractivity contribution in [3.63, 3.8) is 0 Å². The molecule has 1 aromatic heterocycles. The summed E-state index contributed by atoms with van der Waals surface area (Å²) >= 11 is 0. The average molecular weight is 1240 g/mol. The minimum absolute atomic E-state index is 0.0140. The van der Waals surface area contributed by atoms with Gasteiger partial charge in [-0.1, -0.05) is 32.9 Å². The van der Waals surface area contributed by atoms with Crippen molar-refractivity contribution in [2.75, 3.05) is 53.6 Å². The number of aliphatic hydroxyl groups is 9. The first-order valence-corrected chi connectivity index (χ1v) is 27.2. The van der Waals surface area contributed by atoms with Crippen LogP contribution in [0.5, 0.6) is 0 Å². The molecule has 1 aromatic carbocycles. The lowest BCUT2D eigenvalue weighted by molar-refractivity contribution is -0.156. The fraction of sp³-hybridized carbons (Fsp3) is 0.642. The second-order valence-corrected chi connectivity index (χ2v) is 22.6. The van der Waals surface area contributed by atoms with Crippen molar-refractivity contribution in [1.29, 1.82) is 0 Å². The normalized spacial score (nSPS) is 16.4. The first-order valence-electron chi connectivity index (χ1n) is 27.2. The van der Waals surface area contributed by atoms with Crippen LogP contribution < -0.4 is 53.6 Å². The van der Waals surface area contributed by atoms with E-state index in [-0.39, 0.29) is 24.3 Å². The molecule has 10 amide bonds. The Morgan fingerprint density at radius 1 is 0.678 bits per heavy atom. The Labute approximate surface area is 500 Å².